The summed E-state index contributed by atoms with van der Waals surface area (Å²) in [4.78, 5) is 39.5. The van der Waals surface area contributed by atoms with Gasteiger partial charge in [0.25, 0.3) is 0 Å². The third-order valence-corrected chi connectivity index (χ3v) is 8.55. The van der Waals surface area contributed by atoms with E-state index in [0.29, 0.717) is 35.5 Å². The molecule has 0 aromatic heterocycles. The van der Waals surface area contributed by atoms with Gasteiger partial charge in [0, 0.05) is 34.8 Å². The quantitative estimate of drug-likeness (QED) is 0.446. The van der Waals surface area contributed by atoms with Gasteiger partial charge in [0.1, 0.15) is 0 Å². The summed E-state index contributed by atoms with van der Waals surface area (Å²) in [6.07, 6.45) is 1.02. The molecule has 35 heavy (non-hydrogen) atoms. The van der Waals surface area contributed by atoms with Gasteiger partial charge in [-0.25, -0.2) is 8.42 Å². The van der Waals surface area contributed by atoms with Gasteiger partial charge >= 0.3 is 0 Å². The van der Waals surface area contributed by atoms with Gasteiger partial charge in [-0.05, 0) is 43.2 Å². The molecule has 1 aliphatic carbocycles. The fraction of sp³-hybridized carbons (Fsp3) is 0.192. The number of rotatable bonds is 4. The standard InChI is InChI=1S/C26H21ClN2O5S/c27-17-10-12-18(13-11-17)35(33,34)29-14-4-5-16(15-29)26(32)28-22-9-3-8-21-23(22)25(31)20-7-2-1-6-19(20)24(21)30/h1-3,6-13,16H,4-5,14-15H2,(H,28,32). The molecule has 7 nitrogen and oxygen atoms in total. The van der Waals surface area contributed by atoms with Crippen molar-refractivity contribution in [2.24, 2.45) is 5.92 Å². The highest BCUT2D eigenvalue weighted by molar-refractivity contribution is 7.89. The predicted octanol–water partition coefficient (Wildman–Crippen LogP) is 4.15. The number of halogens is 1. The lowest BCUT2D eigenvalue weighted by atomic mass is 9.83. The Kier molecular flexibility index (Phi) is 6.04. The first-order valence-corrected chi connectivity index (χ1v) is 13.0. The number of fused-ring (bicyclic) bond motifs is 2. The molecule has 1 fully saturated rings. The molecule has 3 aromatic rings. The van der Waals surface area contributed by atoms with Crippen LogP contribution in [0, 0.1) is 5.92 Å². The number of piperidine rings is 1. The van der Waals surface area contributed by atoms with Crippen molar-refractivity contribution < 1.29 is 22.8 Å². The van der Waals surface area contributed by atoms with E-state index in [2.05, 4.69) is 5.32 Å². The number of amides is 1. The Labute approximate surface area is 207 Å². The Morgan fingerprint density at radius 1 is 0.886 bits per heavy atom. The maximum absolute atomic E-state index is 13.2. The zero-order chi connectivity index (χ0) is 24.7. The summed E-state index contributed by atoms with van der Waals surface area (Å²) in [5.74, 6) is -1.61. The van der Waals surface area contributed by atoms with E-state index in [1.165, 1.54) is 28.6 Å². The van der Waals surface area contributed by atoms with Crippen molar-refractivity contribution in [1.82, 2.24) is 4.31 Å². The number of anilines is 1. The van der Waals surface area contributed by atoms with Crippen LogP contribution in [0.1, 0.15) is 44.7 Å². The number of ketones is 2. The van der Waals surface area contributed by atoms with Gasteiger partial charge in [-0.1, -0.05) is 48.0 Å². The van der Waals surface area contributed by atoms with Crippen LogP contribution in [0.3, 0.4) is 0 Å². The number of hydrogen-bond acceptors (Lipinski definition) is 5. The number of sulfonamides is 1. The fourth-order valence-electron chi connectivity index (χ4n) is 4.61. The first-order valence-electron chi connectivity index (χ1n) is 11.2. The molecule has 3 aromatic carbocycles. The van der Waals surface area contributed by atoms with Gasteiger partial charge in [-0.3, -0.25) is 14.4 Å². The molecule has 1 amide bonds. The number of nitrogens with zero attached hydrogens (tertiary/aromatic N) is 1. The second kappa shape index (κ2) is 9.03. The highest BCUT2D eigenvalue weighted by Crippen LogP contribution is 2.33. The summed E-state index contributed by atoms with van der Waals surface area (Å²) >= 11 is 5.88. The van der Waals surface area contributed by atoms with E-state index in [-0.39, 0.29) is 39.8 Å². The van der Waals surface area contributed by atoms with Gasteiger partial charge in [0.15, 0.2) is 11.6 Å². The smallest absolute Gasteiger partial charge is 0.243 e. The van der Waals surface area contributed by atoms with Crippen LogP contribution in [-0.4, -0.2) is 43.3 Å². The van der Waals surface area contributed by atoms with E-state index in [9.17, 15) is 22.8 Å². The molecule has 1 heterocycles. The van der Waals surface area contributed by atoms with E-state index in [1.54, 1.807) is 42.5 Å². The van der Waals surface area contributed by atoms with Crippen molar-refractivity contribution in [3.63, 3.8) is 0 Å². The van der Waals surface area contributed by atoms with E-state index in [0.717, 1.165) is 0 Å². The summed E-state index contributed by atoms with van der Waals surface area (Å²) in [5.41, 5.74) is 1.28. The van der Waals surface area contributed by atoms with Gasteiger partial charge in [0.2, 0.25) is 15.9 Å². The predicted molar refractivity (Wildman–Crippen MR) is 131 cm³/mol. The molecule has 0 spiro atoms. The van der Waals surface area contributed by atoms with Crippen LogP contribution < -0.4 is 5.32 Å². The molecule has 178 valence electrons. The molecule has 0 saturated carbocycles. The third kappa shape index (κ3) is 4.18. The highest BCUT2D eigenvalue weighted by Gasteiger charge is 2.35. The molecular formula is C26H21ClN2O5S. The molecule has 1 unspecified atom stereocenters. The summed E-state index contributed by atoms with van der Waals surface area (Å²) in [6, 6.07) is 17.3. The molecule has 0 bridgehead atoms. The van der Waals surface area contributed by atoms with E-state index in [1.807, 2.05) is 0 Å². The Morgan fingerprint density at radius 2 is 1.54 bits per heavy atom. The minimum Gasteiger partial charge on any atom is -0.325 e. The van der Waals surface area contributed by atoms with Crippen molar-refractivity contribution in [1.29, 1.82) is 0 Å². The van der Waals surface area contributed by atoms with Crippen LogP contribution in [0.2, 0.25) is 5.02 Å². The lowest BCUT2D eigenvalue weighted by Gasteiger charge is -2.31. The number of hydrogen-bond donors (Lipinski definition) is 1. The van der Waals surface area contributed by atoms with Crippen LogP contribution in [0.4, 0.5) is 5.69 Å². The first-order chi connectivity index (χ1) is 16.8. The van der Waals surface area contributed by atoms with Gasteiger partial charge < -0.3 is 5.32 Å². The normalized spacial score (nSPS) is 18.0. The Morgan fingerprint density at radius 3 is 2.26 bits per heavy atom. The number of nitrogens with one attached hydrogen (secondary N) is 1. The summed E-state index contributed by atoms with van der Waals surface area (Å²) < 4.78 is 27.5. The van der Waals surface area contributed by atoms with Crippen molar-refractivity contribution in [2.75, 3.05) is 18.4 Å². The van der Waals surface area contributed by atoms with Crippen LogP contribution in [0.5, 0.6) is 0 Å². The average molecular weight is 509 g/mol. The monoisotopic (exact) mass is 508 g/mol. The van der Waals surface area contributed by atoms with Gasteiger partial charge in [-0.2, -0.15) is 4.31 Å². The molecule has 1 aliphatic heterocycles. The number of carbonyl (C=O) groups excluding carboxylic acids is 3. The largest absolute Gasteiger partial charge is 0.325 e. The molecule has 1 saturated heterocycles. The fourth-order valence-corrected chi connectivity index (χ4v) is 6.26. The number of benzene rings is 3. The van der Waals surface area contributed by atoms with Crippen molar-refractivity contribution in [3.05, 3.63) is 94.0 Å². The molecule has 1 atom stereocenters. The second-order valence-electron chi connectivity index (χ2n) is 8.58. The topological polar surface area (TPSA) is 101 Å². The van der Waals surface area contributed by atoms with Crippen LogP contribution in [-0.2, 0) is 14.8 Å². The molecule has 1 N–H and O–H groups in total. The molecular weight excluding hydrogens is 488 g/mol. The Balaban J connectivity index is 1.39. The maximum Gasteiger partial charge on any atom is 0.243 e. The van der Waals surface area contributed by atoms with E-state index >= 15 is 0 Å². The van der Waals surface area contributed by atoms with Crippen LogP contribution in [0.25, 0.3) is 0 Å². The summed E-state index contributed by atoms with van der Waals surface area (Å²) in [7, 11) is -3.79. The molecule has 2 aliphatic rings. The van der Waals surface area contributed by atoms with Crippen molar-refractivity contribution >= 4 is 44.8 Å². The molecule has 0 radical (unpaired) electrons. The second-order valence-corrected chi connectivity index (χ2v) is 11.0. The van der Waals surface area contributed by atoms with Crippen molar-refractivity contribution in [3.8, 4) is 0 Å². The minimum atomic E-state index is -3.79. The SMILES string of the molecule is O=C1c2ccccc2C(=O)c2c(NC(=O)C3CCCN(S(=O)(=O)c4ccc(Cl)cc4)C3)cccc21. The Bertz CT molecular complexity index is 1470. The zero-order valence-corrected chi connectivity index (χ0v) is 20.1. The zero-order valence-electron chi connectivity index (χ0n) is 18.5. The van der Waals surface area contributed by atoms with Crippen molar-refractivity contribution in [2.45, 2.75) is 17.7 Å². The van der Waals surface area contributed by atoms with Crippen LogP contribution >= 0.6 is 11.6 Å². The maximum atomic E-state index is 13.2. The average Bonchev–Trinajstić information content (AvgIpc) is 2.87. The number of carbonyl (C=O) groups is 3. The third-order valence-electron chi connectivity index (χ3n) is 6.42. The molecule has 9 heteroatoms. The summed E-state index contributed by atoms with van der Waals surface area (Å²) in [5, 5.41) is 3.22. The highest BCUT2D eigenvalue weighted by atomic mass is 35.5. The Hall–Kier alpha value is -3.33. The minimum absolute atomic E-state index is 0.0154. The first kappa shape index (κ1) is 23.4. The summed E-state index contributed by atoms with van der Waals surface area (Å²) in [6.45, 7) is 0.320. The van der Waals surface area contributed by atoms with E-state index in [4.69, 9.17) is 11.6 Å². The van der Waals surface area contributed by atoms with Gasteiger partial charge in [-0.15, -0.1) is 0 Å². The van der Waals surface area contributed by atoms with Crippen LogP contribution in [0.15, 0.2) is 71.6 Å². The lowest BCUT2D eigenvalue weighted by Crippen LogP contribution is -2.43. The van der Waals surface area contributed by atoms with Gasteiger partial charge in [0.05, 0.1) is 22.1 Å². The molecule has 5 rings (SSSR count). The van der Waals surface area contributed by atoms with E-state index < -0.39 is 21.8 Å². The lowest BCUT2D eigenvalue weighted by molar-refractivity contribution is -0.120.